The number of benzene rings is 3. The first-order chi connectivity index (χ1) is 16.9. The maximum Gasteiger partial charge on any atom is 0.343 e. The molecule has 3 aromatic rings. The number of methoxy groups -OCH3 is 2. The number of aliphatic imine (C=N–C) groups is 1. The van der Waals surface area contributed by atoms with Crippen LogP contribution in [0.15, 0.2) is 75.0 Å². The van der Waals surface area contributed by atoms with Crippen LogP contribution in [-0.2, 0) is 4.79 Å². The largest absolute Gasteiger partial charge is 0.497 e. The lowest BCUT2D eigenvalue weighted by atomic mass is 10.1. The number of amides is 1. The van der Waals surface area contributed by atoms with Gasteiger partial charge in [-0.15, -0.1) is 0 Å². The van der Waals surface area contributed by atoms with Crippen molar-refractivity contribution in [2.45, 2.75) is 0 Å². The Morgan fingerprint density at radius 3 is 2.43 bits per heavy atom. The predicted octanol–water partition coefficient (Wildman–Crippen LogP) is 6.23. The molecule has 0 unspecified atom stereocenters. The number of nitrogens with one attached hydrogen (secondary N) is 1. The van der Waals surface area contributed by atoms with Gasteiger partial charge in [-0.05, 0) is 100.0 Å². The molecule has 7 nitrogen and oxygen atoms in total. The van der Waals surface area contributed by atoms with Crippen molar-refractivity contribution in [3.63, 3.8) is 0 Å². The second-order valence-corrected chi connectivity index (χ2v) is 9.43. The molecule has 0 saturated carbocycles. The van der Waals surface area contributed by atoms with Gasteiger partial charge < -0.3 is 19.5 Å². The van der Waals surface area contributed by atoms with E-state index in [1.165, 1.54) is 18.9 Å². The molecule has 178 valence electrons. The van der Waals surface area contributed by atoms with Gasteiger partial charge in [-0.1, -0.05) is 11.6 Å². The number of carbonyl (C=O) groups is 2. The molecule has 10 heteroatoms. The lowest BCUT2D eigenvalue weighted by Gasteiger charge is -2.12. The number of thioether (sulfide) groups is 1. The van der Waals surface area contributed by atoms with Crippen LogP contribution in [0, 0.1) is 0 Å². The number of ether oxygens (including phenoxy) is 3. The summed E-state index contributed by atoms with van der Waals surface area (Å²) in [6.45, 7) is 0. The first-order valence-corrected chi connectivity index (χ1v) is 12.1. The Kier molecular flexibility index (Phi) is 7.80. The minimum Gasteiger partial charge on any atom is -0.497 e. The van der Waals surface area contributed by atoms with Crippen molar-refractivity contribution in [2.75, 3.05) is 14.2 Å². The van der Waals surface area contributed by atoms with Crippen molar-refractivity contribution < 1.29 is 23.8 Å². The third-order valence-corrected chi connectivity index (χ3v) is 6.53. The summed E-state index contributed by atoms with van der Waals surface area (Å²) in [6.07, 6.45) is 1.70. The van der Waals surface area contributed by atoms with Crippen molar-refractivity contribution in [3.05, 3.63) is 86.2 Å². The van der Waals surface area contributed by atoms with Gasteiger partial charge in [0.2, 0.25) is 0 Å². The highest BCUT2D eigenvalue weighted by molar-refractivity contribution is 9.10. The van der Waals surface area contributed by atoms with Gasteiger partial charge >= 0.3 is 5.97 Å². The Morgan fingerprint density at radius 2 is 1.77 bits per heavy atom. The van der Waals surface area contributed by atoms with Gasteiger partial charge in [0.25, 0.3) is 5.91 Å². The van der Waals surface area contributed by atoms with E-state index < -0.39 is 5.97 Å². The zero-order valence-electron chi connectivity index (χ0n) is 18.5. The number of hydrogen-bond acceptors (Lipinski definition) is 7. The van der Waals surface area contributed by atoms with Crippen LogP contribution in [0.5, 0.6) is 17.2 Å². The highest BCUT2D eigenvalue weighted by Gasteiger charge is 2.24. The molecule has 35 heavy (non-hydrogen) atoms. The third-order valence-electron chi connectivity index (χ3n) is 4.78. The Hall–Kier alpha value is -3.27. The number of rotatable bonds is 6. The topological polar surface area (TPSA) is 86.2 Å². The van der Waals surface area contributed by atoms with Crippen LogP contribution in [0.25, 0.3) is 6.08 Å². The molecule has 0 spiro atoms. The van der Waals surface area contributed by atoms with Gasteiger partial charge in [0, 0.05) is 5.02 Å². The normalized spacial score (nSPS) is 15.3. The predicted molar refractivity (Wildman–Crippen MR) is 141 cm³/mol. The first kappa shape index (κ1) is 24.8. The molecular weight excluding hydrogens is 556 g/mol. The van der Waals surface area contributed by atoms with Crippen LogP contribution in [-0.4, -0.2) is 31.3 Å². The van der Waals surface area contributed by atoms with Gasteiger partial charge in [0.1, 0.15) is 5.75 Å². The monoisotopic (exact) mass is 572 g/mol. The van der Waals surface area contributed by atoms with Crippen molar-refractivity contribution in [1.82, 2.24) is 5.32 Å². The molecule has 0 atom stereocenters. The second kappa shape index (κ2) is 11.0. The average Bonchev–Trinajstić information content (AvgIpc) is 3.20. The summed E-state index contributed by atoms with van der Waals surface area (Å²) in [6, 6.07) is 17.0. The summed E-state index contributed by atoms with van der Waals surface area (Å²) in [5.41, 5.74) is 1.70. The fraction of sp³-hybridized carbons (Fsp3) is 0.0800. The number of amidine groups is 1. The summed E-state index contributed by atoms with van der Waals surface area (Å²) >= 11 is 10.6. The van der Waals surface area contributed by atoms with Crippen LogP contribution in [0.2, 0.25) is 5.02 Å². The van der Waals surface area contributed by atoms with E-state index in [2.05, 4.69) is 26.2 Å². The molecule has 0 aliphatic carbocycles. The smallest absolute Gasteiger partial charge is 0.343 e. The molecule has 1 fully saturated rings. The maximum absolute atomic E-state index is 12.6. The molecule has 1 heterocycles. The quantitative estimate of drug-likeness (QED) is 0.214. The molecule has 1 saturated heterocycles. The molecule has 0 radical (unpaired) electrons. The van der Waals surface area contributed by atoms with Gasteiger partial charge in [-0.25, -0.2) is 9.79 Å². The summed E-state index contributed by atoms with van der Waals surface area (Å²) in [5, 5.41) is 3.81. The molecule has 1 amide bonds. The van der Waals surface area contributed by atoms with Gasteiger partial charge in [0.05, 0.1) is 34.8 Å². The number of nitrogens with zero attached hydrogens (tertiary/aromatic N) is 1. The molecule has 3 aromatic carbocycles. The van der Waals surface area contributed by atoms with E-state index >= 15 is 0 Å². The summed E-state index contributed by atoms with van der Waals surface area (Å²) in [5.74, 6) is 0.364. The molecule has 1 aliphatic heterocycles. The van der Waals surface area contributed by atoms with Gasteiger partial charge in [-0.2, -0.15) is 0 Å². The molecular formula is C25H18BrClN2O5S. The standard InChI is InChI=1S/C25H18BrClN2O5S/c1-32-18-9-3-15(4-10-18)24(31)34-22-19(26)11-14(12-20(22)33-2)13-21-23(30)29-25(35-21)28-17-7-5-16(27)6-8-17/h3-13H,1-2H3,(H,28,29,30)/b21-13-. The SMILES string of the molecule is COc1ccc(C(=O)Oc2c(Br)cc(/C=C3\SC(=Nc4ccc(Cl)cc4)NC3=O)cc2OC)cc1. The van der Waals surface area contributed by atoms with Crippen molar-refractivity contribution in [1.29, 1.82) is 0 Å². The lowest BCUT2D eigenvalue weighted by molar-refractivity contribution is -0.115. The van der Waals surface area contributed by atoms with E-state index in [-0.39, 0.29) is 11.7 Å². The molecule has 0 bridgehead atoms. The third kappa shape index (κ3) is 6.05. The van der Waals surface area contributed by atoms with Crippen LogP contribution in [0.4, 0.5) is 5.69 Å². The van der Waals surface area contributed by atoms with Crippen LogP contribution in [0.3, 0.4) is 0 Å². The van der Waals surface area contributed by atoms with Crippen molar-refractivity contribution in [2.24, 2.45) is 4.99 Å². The zero-order valence-corrected chi connectivity index (χ0v) is 21.7. The second-order valence-electron chi connectivity index (χ2n) is 7.11. The van der Waals surface area contributed by atoms with E-state index in [9.17, 15) is 9.59 Å². The first-order valence-electron chi connectivity index (χ1n) is 10.1. The van der Waals surface area contributed by atoms with Crippen LogP contribution < -0.4 is 19.5 Å². The minimum absolute atomic E-state index is 0.226. The fourth-order valence-corrected chi connectivity index (χ4v) is 4.57. The Morgan fingerprint density at radius 1 is 1.06 bits per heavy atom. The summed E-state index contributed by atoms with van der Waals surface area (Å²) in [4.78, 5) is 30.0. The number of esters is 1. The Balaban J connectivity index is 1.55. The summed E-state index contributed by atoms with van der Waals surface area (Å²) < 4.78 is 16.6. The number of halogens is 2. The Bertz CT molecular complexity index is 1340. The highest BCUT2D eigenvalue weighted by Crippen LogP contribution is 2.39. The highest BCUT2D eigenvalue weighted by atomic mass is 79.9. The van der Waals surface area contributed by atoms with E-state index in [4.69, 9.17) is 25.8 Å². The lowest BCUT2D eigenvalue weighted by Crippen LogP contribution is -2.19. The van der Waals surface area contributed by atoms with Gasteiger partial charge in [-0.3, -0.25) is 4.79 Å². The van der Waals surface area contributed by atoms with E-state index in [1.807, 2.05) is 0 Å². The molecule has 1 N–H and O–H groups in total. The van der Waals surface area contributed by atoms with E-state index in [1.54, 1.807) is 73.8 Å². The number of hydrogen-bond donors (Lipinski definition) is 1. The van der Waals surface area contributed by atoms with Gasteiger partial charge in [0.15, 0.2) is 16.7 Å². The van der Waals surface area contributed by atoms with E-state index in [0.717, 1.165) is 0 Å². The van der Waals surface area contributed by atoms with E-state index in [0.29, 0.717) is 47.9 Å². The maximum atomic E-state index is 12.6. The molecule has 4 rings (SSSR count). The minimum atomic E-state index is -0.550. The average molecular weight is 574 g/mol. The van der Waals surface area contributed by atoms with Crippen molar-refractivity contribution in [3.8, 4) is 17.2 Å². The summed E-state index contributed by atoms with van der Waals surface area (Å²) in [7, 11) is 3.02. The zero-order chi connectivity index (χ0) is 24.9. The van der Waals surface area contributed by atoms with Crippen LogP contribution >= 0.6 is 39.3 Å². The number of carbonyl (C=O) groups excluding carboxylic acids is 2. The molecule has 1 aliphatic rings. The fourth-order valence-electron chi connectivity index (χ4n) is 3.07. The Labute approximate surface area is 219 Å². The van der Waals surface area contributed by atoms with Crippen LogP contribution in [0.1, 0.15) is 15.9 Å². The van der Waals surface area contributed by atoms with Crippen molar-refractivity contribution >= 4 is 68.1 Å². The molecule has 0 aromatic heterocycles.